The van der Waals surface area contributed by atoms with Crippen LogP contribution in [0.15, 0.2) is 42.5 Å². The minimum atomic E-state index is -0.793. The zero-order valence-electron chi connectivity index (χ0n) is 14.7. The van der Waals surface area contributed by atoms with E-state index in [1.807, 2.05) is 31.2 Å². The standard InChI is InChI=1S/C19H17ClN2O4S/c1-11(18-21-14-5-3-4-6-16(14)27-18)22(2)17(24)10-26-19(25)13-8-7-12(20)9-15(13)23/h3-9,11,23H,10H2,1-2H3/t11-/m0/s1. The maximum absolute atomic E-state index is 12.4. The van der Waals surface area contributed by atoms with Gasteiger partial charge in [-0.05, 0) is 37.3 Å². The Bertz CT molecular complexity index is 971. The Morgan fingerprint density at radius 2 is 2.04 bits per heavy atom. The molecule has 1 atom stereocenters. The number of halogens is 1. The van der Waals surface area contributed by atoms with Gasteiger partial charge in [0.05, 0.1) is 16.3 Å². The number of likely N-dealkylation sites (N-methyl/N-ethyl adjacent to an activating group) is 1. The van der Waals surface area contributed by atoms with Gasteiger partial charge >= 0.3 is 5.97 Å². The minimum Gasteiger partial charge on any atom is -0.507 e. The fraction of sp³-hybridized carbons (Fsp3) is 0.211. The lowest BCUT2D eigenvalue weighted by Crippen LogP contribution is -2.33. The third-order valence-corrected chi connectivity index (χ3v) is 5.59. The molecule has 0 fully saturated rings. The van der Waals surface area contributed by atoms with Gasteiger partial charge in [0.1, 0.15) is 16.3 Å². The second kappa shape index (κ2) is 7.94. The molecule has 0 saturated heterocycles. The van der Waals surface area contributed by atoms with Crippen molar-refractivity contribution in [1.29, 1.82) is 0 Å². The van der Waals surface area contributed by atoms with Crippen molar-refractivity contribution in [2.45, 2.75) is 13.0 Å². The number of phenolic OH excluding ortho intramolecular Hbond substituents is 1. The summed E-state index contributed by atoms with van der Waals surface area (Å²) >= 11 is 7.25. The zero-order chi connectivity index (χ0) is 19.6. The topological polar surface area (TPSA) is 79.7 Å². The molecule has 0 aliphatic carbocycles. The number of nitrogens with zero attached hydrogens (tertiary/aromatic N) is 2. The van der Waals surface area contributed by atoms with Gasteiger partial charge in [0.15, 0.2) is 6.61 Å². The van der Waals surface area contributed by atoms with E-state index in [4.69, 9.17) is 16.3 Å². The average molecular weight is 405 g/mol. The number of aromatic hydroxyl groups is 1. The summed E-state index contributed by atoms with van der Waals surface area (Å²) < 4.78 is 6.07. The molecule has 0 saturated carbocycles. The molecular weight excluding hydrogens is 388 g/mol. The summed E-state index contributed by atoms with van der Waals surface area (Å²) in [6.07, 6.45) is 0. The van der Waals surface area contributed by atoms with E-state index >= 15 is 0 Å². The summed E-state index contributed by atoms with van der Waals surface area (Å²) in [7, 11) is 1.63. The Morgan fingerprint density at radius 1 is 1.30 bits per heavy atom. The number of hydrogen-bond acceptors (Lipinski definition) is 6. The molecule has 1 aromatic heterocycles. The molecule has 0 unspecified atom stereocenters. The van der Waals surface area contributed by atoms with Crippen molar-refractivity contribution in [3.8, 4) is 5.75 Å². The van der Waals surface area contributed by atoms with Crippen LogP contribution in [0.3, 0.4) is 0 Å². The van der Waals surface area contributed by atoms with E-state index in [2.05, 4.69) is 4.98 Å². The molecule has 27 heavy (non-hydrogen) atoms. The lowest BCUT2D eigenvalue weighted by molar-refractivity contribution is -0.135. The third-order valence-electron chi connectivity index (χ3n) is 4.15. The highest BCUT2D eigenvalue weighted by atomic mass is 35.5. The van der Waals surface area contributed by atoms with Crippen molar-refractivity contribution in [1.82, 2.24) is 9.88 Å². The first-order chi connectivity index (χ1) is 12.9. The Labute approximate surface area is 165 Å². The van der Waals surface area contributed by atoms with Crippen molar-refractivity contribution in [3.63, 3.8) is 0 Å². The van der Waals surface area contributed by atoms with Gasteiger partial charge in [0.25, 0.3) is 5.91 Å². The van der Waals surface area contributed by atoms with E-state index in [1.165, 1.54) is 34.4 Å². The van der Waals surface area contributed by atoms with E-state index in [0.29, 0.717) is 5.02 Å². The molecule has 8 heteroatoms. The number of hydrogen-bond donors (Lipinski definition) is 1. The van der Waals surface area contributed by atoms with Gasteiger partial charge < -0.3 is 14.7 Å². The molecule has 2 aromatic carbocycles. The Kier molecular flexibility index (Phi) is 5.62. The highest BCUT2D eigenvalue weighted by Crippen LogP contribution is 2.29. The summed E-state index contributed by atoms with van der Waals surface area (Å²) in [5.41, 5.74) is 0.837. The van der Waals surface area contributed by atoms with Crippen LogP contribution >= 0.6 is 22.9 Å². The van der Waals surface area contributed by atoms with Crippen LogP contribution in [-0.2, 0) is 9.53 Å². The van der Waals surface area contributed by atoms with Crippen LogP contribution < -0.4 is 0 Å². The largest absolute Gasteiger partial charge is 0.507 e. The number of benzene rings is 2. The van der Waals surface area contributed by atoms with Gasteiger partial charge in [0, 0.05) is 12.1 Å². The van der Waals surface area contributed by atoms with Crippen LogP contribution in [0.25, 0.3) is 10.2 Å². The van der Waals surface area contributed by atoms with Crippen molar-refractivity contribution < 1.29 is 19.4 Å². The molecule has 6 nitrogen and oxygen atoms in total. The number of phenols is 1. The first-order valence-electron chi connectivity index (χ1n) is 8.13. The van der Waals surface area contributed by atoms with Gasteiger partial charge in [0.2, 0.25) is 0 Å². The lowest BCUT2D eigenvalue weighted by Gasteiger charge is -2.23. The van der Waals surface area contributed by atoms with Crippen LogP contribution in [0.5, 0.6) is 5.75 Å². The number of rotatable bonds is 5. The molecule has 0 aliphatic rings. The molecule has 1 heterocycles. The van der Waals surface area contributed by atoms with Gasteiger partial charge in [-0.2, -0.15) is 0 Å². The predicted molar refractivity (Wildman–Crippen MR) is 104 cm³/mol. The number of thiazole rings is 1. The van der Waals surface area contributed by atoms with Crippen molar-refractivity contribution >= 4 is 45.0 Å². The zero-order valence-corrected chi connectivity index (χ0v) is 16.3. The normalized spacial score (nSPS) is 12.0. The van der Waals surface area contributed by atoms with E-state index in [0.717, 1.165) is 15.2 Å². The van der Waals surface area contributed by atoms with Crippen molar-refractivity contribution in [2.24, 2.45) is 0 Å². The summed E-state index contributed by atoms with van der Waals surface area (Å²) in [5, 5.41) is 10.9. The van der Waals surface area contributed by atoms with Gasteiger partial charge in [-0.15, -0.1) is 11.3 Å². The molecule has 0 bridgehead atoms. The van der Waals surface area contributed by atoms with Gasteiger partial charge in [-0.3, -0.25) is 4.79 Å². The highest BCUT2D eigenvalue weighted by molar-refractivity contribution is 7.18. The number of carbonyl (C=O) groups excluding carboxylic acids is 2. The predicted octanol–water partition coefficient (Wildman–Crippen LogP) is 4.03. The Balaban J connectivity index is 1.63. The first-order valence-corrected chi connectivity index (χ1v) is 9.33. The van der Waals surface area contributed by atoms with Gasteiger partial charge in [-0.1, -0.05) is 23.7 Å². The van der Waals surface area contributed by atoms with Crippen LogP contribution in [0.1, 0.15) is 28.3 Å². The molecule has 140 valence electrons. The maximum atomic E-state index is 12.4. The monoisotopic (exact) mass is 404 g/mol. The smallest absolute Gasteiger partial charge is 0.342 e. The molecule has 1 amide bonds. The highest BCUT2D eigenvalue weighted by Gasteiger charge is 2.22. The summed E-state index contributed by atoms with van der Waals surface area (Å²) in [5.74, 6) is -1.46. The number of para-hydroxylation sites is 1. The number of amides is 1. The fourth-order valence-corrected chi connectivity index (χ4v) is 3.66. The quantitative estimate of drug-likeness (QED) is 0.649. The lowest BCUT2D eigenvalue weighted by atomic mass is 10.2. The summed E-state index contributed by atoms with van der Waals surface area (Å²) in [6.45, 7) is 1.43. The second-order valence-corrected chi connectivity index (χ2v) is 7.44. The van der Waals surface area contributed by atoms with Crippen LogP contribution in [-0.4, -0.2) is 40.5 Å². The number of ether oxygens (including phenoxy) is 1. The SMILES string of the molecule is C[C@@H](c1nc2ccccc2s1)N(C)C(=O)COC(=O)c1ccc(Cl)cc1O. The van der Waals surface area contributed by atoms with Crippen LogP contribution in [0.2, 0.25) is 5.02 Å². The van der Waals surface area contributed by atoms with Crippen molar-refractivity contribution in [2.75, 3.05) is 13.7 Å². The van der Waals surface area contributed by atoms with Gasteiger partial charge in [-0.25, -0.2) is 9.78 Å². The number of esters is 1. The van der Waals surface area contributed by atoms with E-state index in [1.54, 1.807) is 7.05 Å². The Morgan fingerprint density at radius 3 is 2.74 bits per heavy atom. The molecule has 3 rings (SSSR count). The number of fused-ring (bicyclic) bond motifs is 1. The number of carbonyl (C=O) groups is 2. The summed E-state index contributed by atoms with van der Waals surface area (Å²) in [6, 6.07) is 11.5. The molecule has 3 aromatic rings. The fourth-order valence-electron chi connectivity index (χ4n) is 2.43. The molecule has 1 N–H and O–H groups in total. The maximum Gasteiger partial charge on any atom is 0.342 e. The van der Waals surface area contributed by atoms with E-state index < -0.39 is 12.6 Å². The summed E-state index contributed by atoms with van der Waals surface area (Å²) in [4.78, 5) is 30.5. The number of aromatic nitrogens is 1. The Hall–Kier alpha value is -2.64. The van der Waals surface area contributed by atoms with Crippen LogP contribution in [0, 0.1) is 0 Å². The molecule has 0 radical (unpaired) electrons. The first kappa shape index (κ1) is 19.1. The van der Waals surface area contributed by atoms with E-state index in [-0.39, 0.29) is 23.3 Å². The molecular formula is C19H17ClN2O4S. The van der Waals surface area contributed by atoms with E-state index in [9.17, 15) is 14.7 Å². The third kappa shape index (κ3) is 4.20. The average Bonchev–Trinajstić information content (AvgIpc) is 3.08. The second-order valence-electron chi connectivity index (χ2n) is 5.94. The van der Waals surface area contributed by atoms with Crippen LogP contribution in [0.4, 0.5) is 0 Å². The van der Waals surface area contributed by atoms with Crippen molar-refractivity contribution in [3.05, 3.63) is 58.1 Å². The minimum absolute atomic E-state index is 0.0472. The molecule has 0 spiro atoms. The molecule has 0 aliphatic heterocycles.